The molecule has 2 aliphatic carbocycles. The molecule has 1 saturated carbocycles. The van der Waals surface area contributed by atoms with E-state index in [0.29, 0.717) is 6.42 Å². The van der Waals surface area contributed by atoms with Gasteiger partial charge in [0.1, 0.15) is 0 Å². The summed E-state index contributed by atoms with van der Waals surface area (Å²) in [5.74, 6) is 0.0933. The minimum Gasteiger partial charge on any atom is -0.393 e. The van der Waals surface area contributed by atoms with Gasteiger partial charge >= 0.3 is 0 Å². The lowest BCUT2D eigenvalue weighted by Gasteiger charge is -2.38. The zero-order chi connectivity index (χ0) is 29.8. The largest absolute Gasteiger partial charge is 0.393 e. The first-order valence-electron chi connectivity index (χ1n) is 14.9. The van der Waals surface area contributed by atoms with Crippen LogP contribution in [0.1, 0.15) is 93.9 Å². The quantitative estimate of drug-likeness (QED) is 0.209. The molecule has 2 nitrogen and oxygen atoms in total. The van der Waals surface area contributed by atoms with Gasteiger partial charge in [-0.1, -0.05) is 128 Å². The van der Waals surface area contributed by atoms with E-state index in [1.54, 1.807) is 11.6 Å². The highest BCUT2D eigenvalue weighted by atomic mass is 16.3. The molecule has 1 fully saturated rings. The summed E-state index contributed by atoms with van der Waals surface area (Å²) in [5, 5.41) is 10.3. The van der Waals surface area contributed by atoms with E-state index in [1.165, 1.54) is 42.4 Å². The zero-order valence-corrected chi connectivity index (χ0v) is 26.3. The molecule has 40 heavy (non-hydrogen) atoms. The Labute approximate surface area is 244 Å². The lowest BCUT2D eigenvalue weighted by Crippen LogP contribution is -2.41. The van der Waals surface area contributed by atoms with E-state index in [-0.39, 0.29) is 5.78 Å². The molecule has 0 aromatic carbocycles. The Balaban J connectivity index is 1.85. The van der Waals surface area contributed by atoms with E-state index in [0.717, 1.165) is 17.6 Å². The second-order valence-corrected chi connectivity index (χ2v) is 12.4. The van der Waals surface area contributed by atoms with E-state index in [9.17, 15) is 9.90 Å². The molecule has 1 N–H and O–H groups in total. The van der Waals surface area contributed by atoms with Crippen molar-refractivity contribution in [3.63, 3.8) is 0 Å². The van der Waals surface area contributed by atoms with Crippen LogP contribution in [-0.2, 0) is 4.79 Å². The average molecular weight is 541 g/mol. The van der Waals surface area contributed by atoms with Gasteiger partial charge in [0.15, 0.2) is 5.78 Å². The Hall–Kier alpha value is -2.97. The van der Waals surface area contributed by atoms with Crippen molar-refractivity contribution < 1.29 is 9.90 Å². The van der Waals surface area contributed by atoms with E-state index < -0.39 is 16.9 Å². The number of carbonyl (C=O) groups is 1. The molecule has 2 rings (SSSR count). The Morgan fingerprint density at radius 3 is 1.75 bits per heavy atom. The summed E-state index contributed by atoms with van der Waals surface area (Å²) in [7, 11) is 0. The maximum Gasteiger partial charge on any atom is 0.162 e. The molecule has 2 unspecified atom stereocenters. The fourth-order valence-corrected chi connectivity index (χ4v) is 5.19. The SMILES string of the molecule is CC(C=CC=C(C)C=CC(=O)C1(C)CCC(O)C1(C)C)=CC=CC=C(C)C=CC=C(C)C=CC1=C(C)CCCC1. The molecule has 2 atom stereocenters. The first-order chi connectivity index (χ1) is 18.9. The molecule has 0 bridgehead atoms. The highest BCUT2D eigenvalue weighted by Crippen LogP contribution is 2.53. The maximum atomic E-state index is 12.9. The van der Waals surface area contributed by atoms with Gasteiger partial charge in [0.05, 0.1) is 6.10 Å². The van der Waals surface area contributed by atoms with Crippen molar-refractivity contribution in [3.05, 3.63) is 119 Å². The molecule has 2 heteroatoms. The molecular formula is C38H52O2. The summed E-state index contributed by atoms with van der Waals surface area (Å²) in [5.41, 5.74) is 6.73. The number of aliphatic hydroxyl groups is 1. The fraction of sp³-hybridized carbons (Fsp3) is 0.447. The summed E-state index contributed by atoms with van der Waals surface area (Å²) < 4.78 is 0. The molecule has 0 aromatic rings. The lowest BCUT2D eigenvalue weighted by molar-refractivity contribution is -0.130. The first kappa shape index (κ1) is 33.2. The van der Waals surface area contributed by atoms with Gasteiger partial charge in [0.2, 0.25) is 0 Å². The lowest BCUT2D eigenvalue weighted by atomic mass is 9.66. The molecule has 0 spiro atoms. The minimum absolute atomic E-state index is 0.0933. The van der Waals surface area contributed by atoms with E-state index in [2.05, 4.69) is 88.5 Å². The van der Waals surface area contributed by atoms with Gasteiger partial charge in [0, 0.05) is 10.8 Å². The van der Waals surface area contributed by atoms with E-state index in [4.69, 9.17) is 0 Å². The van der Waals surface area contributed by atoms with Gasteiger partial charge in [-0.3, -0.25) is 4.79 Å². The molecule has 0 aliphatic heterocycles. The Kier molecular flexibility index (Phi) is 13.1. The van der Waals surface area contributed by atoms with Crippen LogP contribution >= 0.6 is 0 Å². The number of hydrogen-bond acceptors (Lipinski definition) is 2. The number of carbonyl (C=O) groups excluding carboxylic acids is 1. The number of allylic oxidation sites excluding steroid dienone is 20. The third-order valence-corrected chi connectivity index (χ3v) is 8.82. The van der Waals surface area contributed by atoms with Crippen LogP contribution in [0.2, 0.25) is 0 Å². The zero-order valence-electron chi connectivity index (χ0n) is 26.3. The average Bonchev–Trinajstić information content (AvgIpc) is 3.12. The van der Waals surface area contributed by atoms with Crippen LogP contribution in [0, 0.1) is 10.8 Å². The molecule has 2 aliphatic rings. The van der Waals surface area contributed by atoms with Gasteiger partial charge < -0.3 is 5.11 Å². The van der Waals surface area contributed by atoms with Gasteiger partial charge in [0.25, 0.3) is 0 Å². The van der Waals surface area contributed by atoms with Crippen molar-refractivity contribution in [2.24, 2.45) is 10.8 Å². The standard InChI is InChI=1S/C38H52O2/c1-29(17-13-19-31(3)23-25-34-22-12-11-21-33(34)5)15-9-10-16-30(2)18-14-20-32(4)24-26-36(40)38(8)28-27-35(39)37(38,6)7/h9-10,13-20,23-26,35,39H,11-12,21-22,27-28H2,1-8H3. The predicted octanol–water partition coefficient (Wildman–Crippen LogP) is 10.2. The van der Waals surface area contributed by atoms with Crippen molar-refractivity contribution >= 4 is 5.78 Å². The van der Waals surface area contributed by atoms with Crippen molar-refractivity contribution in [1.29, 1.82) is 0 Å². The first-order valence-corrected chi connectivity index (χ1v) is 14.9. The maximum absolute atomic E-state index is 12.9. The minimum atomic E-state index is -0.522. The Bertz CT molecular complexity index is 1200. The summed E-state index contributed by atoms with van der Waals surface area (Å²) in [6, 6.07) is 0. The second kappa shape index (κ2) is 15.7. The monoisotopic (exact) mass is 540 g/mol. The van der Waals surface area contributed by atoms with Gasteiger partial charge in [-0.15, -0.1) is 0 Å². The van der Waals surface area contributed by atoms with Crippen LogP contribution in [0.15, 0.2) is 119 Å². The number of rotatable bonds is 11. The molecule has 0 amide bonds. The van der Waals surface area contributed by atoms with Gasteiger partial charge in [-0.25, -0.2) is 0 Å². The van der Waals surface area contributed by atoms with Crippen molar-refractivity contribution in [1.82, 2.24) is 0 Å². The molecular weight excluding hydrogens is 488 g/mol. The molecule has 0 aromatic heterocycles. The van der Waals surface area contributed by atoms with E-state index >= 15 is 0 Å². The highest BCUT2D eigenvalue weighted by molar-refractivity contribution is 5.95. The van der Waals surface area contributed by atoms with Crippen LogP contribution in [0.25, 0.3) is 0 Å². The van der Waals surface area contributed by atoms with Crippen LogP contribution in [-0.4, -0.2) is 17.0 Å². The normalized spacial score (nSPS) is 25.7. The number of aliphatic hydroxyl groups excluding tert-OH is 1. The van der Waals surface area contributed by atoms with Crippen molar-refractivity contribution in [2.45, 2.75) is 100 Å². The van der Waals surface area contributed by atoms with Crippen molar-refractivity contribution in [2.75, 3.05) is 0 Å². The van der Waals surface area contributed by atoms with Crippen LogP contribution in [0.4, 0.5) is 0 Å². The fourth-order valence-electron chi connectivity index (χ4n) is 5.19. The van der Waals surface area contributed by atoms with Gasteiger partial charge in [-0.2, -0.15) is 0 Å². The topological polar surface area (TPSA) is 37.3 Å². The molecule has 0 radical (unpaired) electrons. The Morgan fingerprint density at radius 2 is 1.23 bits per heavy atom. The van der Waals surface area contributed by atoms with Crippen LogP contribution in [0.3, 0.4) is 0 Å². The molecule has 0 saturated heterocycles. The van der Waals surface area contributed by atoms with E-state index in [1.807, 2.05) is 45.9 Å². The number of hydrogen-bond donors (Lipinski definition) is 1. The summed E-state index contributed by atoms with van der Waals surface area (Å²) >= 11 is 0. The van der Waals surface area contributed by atoms with Crippen molar-refractivity contribution in [3.8, 4) is 0 Å². The summed E-state index contributed by atoms with van der Waals surface area (Å²) in [6.45, 7) is 16.6. The van der Waals surface area contributed by atoms with Gasteiger partial charge in [-0.05, 0) is 84.8 Å². The smallest absolute Gasteiger partial charge is 0.162 e. The predicted molar refractivity (Wildman–Crippen MR) is 174 cm³/mol. The number of ketones is 1. The summed E-state index contributed by atoms with van der Waals surface area (Å²) in [4.78, 5) is 12.9. The highest BCUT2D eigenvalue weighted by Gasteiger charge is 2.54. The second-order valence-electron chi connectivity index (χ2n) is 12.4. The summed E-state index contributed by atoms with van der Waals surface area (Å²) in [6.07, 6.45) is 34.9. The third-order valence-electron chi connectivity index (χ3n) is 8.82. The van der Waals surface area contributed by atoms with Crippen LogP contribution < -0.4 is 0 Å². The third kappa shape index (κ3) is 9.89. The molecule has 0 heterocycles. The molecule has 216 valence electrons. The Morgan fingerprint density at radius 1 is 0.725 bits per heavy atom. The van der Waals surface area contributed by atoms with Crippen LogP contribution in [0.5, 0.6) is 0 Å².